The molecule has 2 aromatic heterocycles. The van der Waals surface area contributed by atoms with Gasteiger partial charge in [-0.25, -0.2) is 18.7 Å². The zero-order valence-corrected chi connectivity index (χ0v) is 9.71. The van der Waals surface area contributed by atoms with Crippen molar-refractivity contribution in [2.75, 3.05) is 0 Å². The first-order valence-electron chi connectivity index (χ1n) is 5.13. The summed E-state index contributed by atoms with van der Waals surface area (Å²) >= 11 is 0. The highest BCUT2D eigenvalue weighted by atomic mass is 19.3. The van der Waals surface area contributed by atoms with Gasteiger partial charge in [-0.3, -0.25) is 4.40 Å². The monoisotopic (exact) mass is 243 g/mol. The van der Waals surface area contributed by atoms with Crippen molar-refractivity contribution in [3.63, 3.8) is 0 Å². The maximum Gasteiger partial charge on any atom is 0.280 e. The largest absolute Gasteiger partial charge is 0.280 e. The summed E-state index contributed by atoms with van der Waals surface area (Å²) in [5.41, 5.74) is -0.493. The molecular formula is C11H12F3N3. The molecule has 2 aromatic rings. The molecule has 0 fully saturated rings. The van der Waals surface area contributed by atoms with Crippen molar-refractivity contribution in [2.45, 2.75) is 32.6 Å². The van der Waals surface area contributed by atoms with Gasteiger partial charge in [0, 0.05) is 11.5 Å². The molecule has 6 heteroatoms. The topological polar surface area (TPSA) is 30.2 Å². The Morgan fingerprint density at radius 2 is 1.94 bits per heavy atom. The Kier molecular flexibility index (Phi) is 2.60. The summed E-state index contributed by atoms with van der Waals surface area (Å²) in [5, 5.41) is 0. The molecule has 0 radical (unpaired) electrons. The van der Waals surface area contributed by atoms with Crippen LogP contribution in [0.2, 0.25) is 0 Å². The zero-order chi connectivity index (χ0) is 12.8. The fourth-order valence-corrected chi connectivity index (χ4v) is 1.53. The minimum atomic E-state index is -2.68. The van der Waals surface area contributed by atoms with Crippen LogP contribution in [-0.2, 0) is 5.41 Å². The molecule has 0 N–H and O–H groups in total. The third-order valence-electron chi connectivity index (χ3n) is 2.41. The maximum atomic E-state index is 13.9. The lowest BCUT2D eigenvalue weighted by Crippen LogP contribution is -2.13. The van der Waals surface area contributed by atoms with Gasteiger partial charge in [-0.15, -0.1) is 0 Å². The second-order valence-electron chi connectivity index (χ2n) is 4.84. The Bertz CT molecular complexity index is 555. The van der Waals surface area contributed by atoms with Crippen LogP contribution in [0.25, 0.3) is 5.65 Å². The van der Waals surface area contributed by atoms with E-state index >= 15 is 0 Å². The number of hydrogen-bond acceptors (Lipinski definition) is 2. The highest BCUT2D eigenvalue weighted by molar-refractivity contribution is 5.42. The summed E-state index contributed by atoms with van der Waals surface area (Å²) in [5.74, 6) is -0.555. The molecule has 0 atom stereocenters. The number of alkyl halides is 2. The second-order valence-corrected chi connectivity index (χ2v) is 4.84. The van der Waals surface area contributed by atoms with E-state index < -0.39 is 23.5 Å². The van der Waals surface area contributed by atoms with Crippen molar-refractivity contribution in [3.8, 4) is 0 Å². The van der Waals surface area contributed by atoms with Crippen LogP contribution in [0.5, 0.6) is 0 Å². The Hall–Kier alpha value is -1.59. The molecule has 17 heavy (non-hydrogen) atoms. The van der Waals surface area contributed by atoms with Crippen molar-refractivity contribution in [2.24, 2.45) is 0 Å². The maximum absolute atomic E-state index is 13.9. The summed E-state index contributed by atoms with van der Waals surface area (Å²) in [7, 11) is 0. The number of hydrogen-bond donors (Lipinski definition) is 0. The number of rotatable bonds is 1. The van der Waals surface area contributed by atoms with Gasteiger partial charge in [0.2, 0.25) is 5.95 Å². The van der Waals surface area contributed by atoms with Crippen LogP contribution in [0, 0.1) is 5.95 Å². The van der Waals surface area contributed by atoms with Crippen LogP contribution in [0.1, 0.15) is 38.6 Å². The number of halogens is 3. The molecule has 0 spiro atoms. The lowest BCUT2D eigenvalue weighted by molar-refractivity contribution is 0.146. The Labute approximate surface area is 96.3 Å². The van der Waals surface area contributed by atoms with Gasteiger partial charge in [0.15, 0.2) is 0 Å². The summed E-state index contributed by atoms with van der Waals surface area (Å²) < 4.78 is 39.9. The normalized spacial score (nSPS) is 12.6. The van der Waals surface area contributed by atoms with Crippen LogP contribution < -0.4 is 0 Å². The van der Waals surface area contributed by atoms with Gasteiger partial charge in [-0.2, -0.15) is 4.39 Å². The van der Waals surface area contributed by atoms with Gasteiger partial charge < -0.3 is 0 Å². The summed E-state index contributed by atoms with van der Waals surface area (Å²) in [6.07, 6.45) is -1.65. The Morgan fingerprint density at radius 1 is 1.29 bits per heavy atom. The molecule has 0 unspecified atom stereocenters. The second kappa shape index (κ2) is 3.72. The van der Waals surface area contributed by atoms with Crippen LogP contribution >= 0.6 is 0 Å². The lowest BCUT2D eigenvalue weighted by atomic mass is 9.93. The number of fused-ring (bicyclic) bond motifs is 1. The van der Waals surface area contributed by atoms with Crippen molar-refractivity contribution >= 4 is 5.65 Å². The molecule has 0 aliphatic rings. The first kappa shape index (κ1) is 11.9. The van der Waals surface area contributed by atoms with Crippen LogP contribution in [-0.4, -0.2) is 14.4 Å². The van der Waals surface area contributed by atoms with Crippen LogP contribution in [0.15, 0.2) is 12.4 Å². The van der Waals surface area contributed by atoms with E-state index in [1.807, 2.05) is 0 Å². The van der Waals surface area contributed by atoms with E-state index in [9.17, 15) is 13.2 Å². The van der Waals surface area contributed by atoms with E-state index in [1.165, 1.54) is 0 Å². The molecule has 92 valence electrons. The van der Waals surface area contributed by atoms with Gasteiger partial charge in [0.25, 0.3) is 6.43 Å². The molecule has 0 saturated heterocycles. The minimum absolute atomic E-state index is 0.151. The fraction of sp³-hybridized carbons (Fsp3) is 0.455. The number of nitrogens with zero attached hydrogens (tertiary/aromatic N) is 3. The van der Waals surface area contributed by atoms with Gasteiger partial charge in [0.1, 0.15) is 23.4 Å². The summed E-state index contributed by atoms with van der Waals surface area (Å²) in [4.78, 5) is 7.54. The predicted molar refractivity (Wildman–Crippen MR) is 56.6 cm³/mol. The van der Waals surface area contributed by atoms with Crippen LogP contribution in [0.4, 0.5) is 13.2 Å². The average Bonchev–Trinajstić information content (AvgIpc) is 2.55. The smallest absolute Gasteiger partial charge is 0.259 e. The highest BCUT2D eigenvalue weighted by Gasteiger charge is 2.24. The Balaban J connectivity index is 2.66. The molecule has 3 nitrogen and oxygen atoms in total. The van der Waals surface area contributed by atoms with Crippen molar-refractivity contribution in [1.82, 2.24) is 14.4 Å². The van der Waals surface area contributed by atoms with Gasteiger partial charge >= 0.3 is 0 Å². The minimum Gasteiger partial charge on any atom is -0.259 e. The number of imidazole rings is 1. The molecular weight excluding hydrogens is 231 g/mol. The summed E-state index contributed by atoms with van der Waals surface area (Å²) in [6.45, 7) is 5.41. The quantitative estimate of drug-likeness (QED) is 0.770. The standard InChI is InChI=1S/C11H12F3N3/c1-11(2,3)8-10(14)17-5-15-6(9(12)13)4-7(17)16-8/h4-5,9H,1-3H3. The third kappa shape index (κ3) is 1.99. The van der Waals surface area contributed by atoms with Gasteiger partial charge in [0.05, 0.1) is 0 Å². The van der Waals surface area contributed by atoms with Crippen LogP contribution in [0.3, 0.4) is 0 Å². The van der Waals surface area contributed by atoms with Crippen molar-refractivity contribution in [3.05, 3.63) is 29.7 Å². The highest BCUT2D eigenvalue weighted by Crippen LogP contribution is 2.26. The van der Waals surface area contributed by atoms with E-state index in [0.29, 0.717) is 0 Å². The summed E-state index contributed by atoms with van der Waals surface area (Å²) in [6, 6.07) is 1.10. The molecule has 0 saturated carbocycles. The first-order valence-corrected chi connectivity index (χ1v) is 5.13. The van der Waals surface area contributed by atoms with E-state index in [2.05, 4.69) is 9.97 Å². The molecule has 0 bridgehead atoms. The fourth-order valence-electron chi connectivity index (χ4n) is 1.53. The first-order chi connectivity index (χ1) is 7.80. The predicted octanol–water partition coefficient (Wildman–Crippen LogP) is 3.10. The number of aromatic nitrogens is 3. The molecule has 0 aliphatic carbocycles. The molecule has 0 aromatic carbocycles. The average molecular weight is 243 g/mol. The third-order valence-corrected chi connectivity index (χ3v) is 2.41. The van der Waals surface area contributed by atoms with Crippen molar-refractivity contribution < 1.29 is 13.2 Å². The molecule has 0 aliphatic heterocycles. The van der Waals surface area contributed by atoms with Gasteiger partial charge in [-0.1, -0.05) is 20.8 Å². The SMILES string of the molecule is CC(C)(C)c1nc2cc(C(F)F)ncn2c1F. The molecule has 2 rings (SSSR count). The lowest BCUT2D eigenvalue weighted by Gasteiger charge is -2.14. The van der Waals surface area contributed by atoms with E-state index in [1.54, 1.807) is 20.8 Å². The molecule has 2 heterocycles. The van der Waals surface area contributed by atoms with Gasteiger partial charge in [-0.05, 0) is 0 Å². The zero-order valence-electron chi connectivity index (χ0n) is 9.71. The van der Waals surface area contributed by atoms with E-state index in [4.69, 9.17) is 0 Å². The van der Waals surface area contributed by atoms with E-state index in [-0.39, 0.29) is 11.3 Å². The van der Waals surface area contributed by atoms with E-state index in [0.717, 1.165) is 16.8 Å². The molecule has 0 amide bonds. The Morgan fingerprint density at radius 3 is 2.47 bits per heavy atom. The van der Waals surface area contributed by atoms with Crippen molar-refractivity contribution in [1.29, 1.82) is 0 Å².